The van der Waals surface area contributed by atoms with Crippen molar-refractivity contribution in [3.8, 4) is 0 Å². The summed E-state index contributed by atoms with van der Waals surface area (Å²) in [7, 11) is 0. The van der Waals surface area contributed by atoms with Crippen molar-refractivity contribution in [1.29, 1.82) is 0 Å². The Morgan fingerprint density at radius 2 is 1.28 bits per heavy atom. The molecule has 2 aromatic carbocycles. The van der Waals surface area contributed by atoms with Crippen LogP contribution < -0.4 is 0 Å². The molecule has 4 atom stereocenters. The van der Waals surface area contributed by atoms with Gasteiger partial charge in [-0.2, -0.15) is 0 Å². The molecule has 2 saturated heterocycles. The number of Topliss-reactive ketones (excluding diaryl/α,β-unsaturated/α-hetero) is 2. The van der Waals surface area contributed by atoms with Gasteiger partial charge >= 0.3 is 0 Å². The Hall–Kier alpha value is -2.58. The highest BCUT2D eigenvalue weighted by Crippen LogP contribution is 2.36. The van der Waals surface area contributed by atoms with Crippen molar-refractivity contribution < 1.29 is 19.1 Å². The fourth-order valence-corrected chi connectivity index (χ4v) is 6.60. The van der Waals surface area contributed by atoms with E-state index in [1.54, 1.807) is 13.8 Å². The molecular weight excluding hydrogens is 490 g/mol. The molecule has 0 aliphatic carbocycles. The molecule has 210 valence electrons. The number of carbonyl (C=O) groups excluding carboxylic acids is 2. The van der Waals surface area contributed by atoms with Crippen LogP contribution in [0.4, 0.5) is 0 Å². The predicted molar refractivity (Wildman–Crippen MR) is 155 cm³/mol. The summed E-state index contributed by atoms with van der Waals surface area (Å²) < 4.78 is 13.9. The van der Waals surface area contributed by atoms with Crippen LogP contribution in [0.5, 0.6) is 0 Å². The van der Waals surface area contributed by atoms with Gasteiger partial charge < -0.3 is 14.0 Å². The molecule has 4 unspecified atom stereocenters. The first kappa shape index (κ1) is 28.0. The average Bonchev–Trinajstić information content (AvgIpc) is 3.20. The van der Waals surface area contributed by atoms with Crippen molar-refractivity contribution in [2.75, 3.05) is 39.4 Å². The summed E-state index contributed by atoms with van der Waals surface area (Å²) in [5, 5.41) is 2.29. The highest BCUT2D eigenvalue weighted by molar-refractivity contribution is 6.09. The number of rotatable bonds is 9. The minimum atomic E-state index is -0.294. The number of unbranched alkanes of at least 4 members (excludes halogenated alkanes) is 1. The summed E-state index contributed by atoms with van der Waals surface area (Å²) in [6.45, 7) is 14.9. The van der Waals surface area contributed by atoms with E-state index in [0.717, 1.165) is 67.5 Å². The minimum absolute atomic E-state index is 0.106. The zero-order valence-corrected chi connectivity index (χ0v) is 24.1. The van der Waals surface area contributed by atoms with E-state index in [9.17, 15) is 9.59 Å². The first-order chi connectivity index (χ1) is 18.8. The molecule has 0 saturated carbocycles. The molecule has 3 aromatic rings. The maximum absolute atomic E-state index is 13.0. The molecular formula is C32H43N3O4. The first-order valence-corrected chi connectivity index (χ1v) is 14.6. The van der Waals surface area contributed by atoms with Gasteiger partial charge in [-0.1, -0.05) is 25.5 Å². The van der Waals surface area contributed by atoms with E-state index in [0.29, 0.717) is 13.2 Å². The number of ketones is 2. The molecule has 1 aromatic heterocycles. The van der Waals surface area contributed by atoms with E-state index in [-0.39, 0.29) is 35.9 Å². The van der Waals surface area contributed by atoms with Crippen molar-refractivity contribution >= 4 is 33.4 Å². The Morgan fingerprint density at radius 1 is 0.821 bits per heavy atom. The number of nitrogens with zero attached hydrogens (tertiary/aromatic N) is 3. The summed E-state index contributed by atoms with van der Waals surface area (Å²) in [6, 6.07) is 12.5. The number of hydrogen-bond donors (Lipinski definition) is 0. The molecule has 2 aliphatic heterocycles. The number of aromatic nitrogens is 1. The molecule has 0 radical (unpaired) electrons. The van der Waals surface area contributed by atoms with Crippen molar-refractivity contribution in [2.45, 2.75) is 78.3 Å². The van der Waals surface area contributed by atoms with Gasteiger partial charge in [-0.05, 0) is 69.5 Å². The molecule has 2 aliphatic rings. The number of aryl methyl sites for hydroxylation is 1. The van der Waals surface area contributed by atoms with Gasteiger partial charge in [0.25, 0.3) is 0 Å². The molecule has 0 bridgehead atoms. The van der Waals surface area contributed by atoms with Gasteiger partial charge in [0.05, 0.1) is 37.5 Å². The molecule has 0 amide bonds. The topological polar surface area (TPSA) is 64.0 Å². The van der Waals surface area contributed by atoms with Crippen LogP contribution in [0.1, 0.15) is 70.7 Å². The SMILES string of the molecule is CCCCn1c2ccc(C(C(C)=O)N3CCOC(C)C3)cc2c2cc(C(C(C)=O)N3CCOC(C)C3)ccc21. The lowest BCUT2D eigenvalue weighted by Gasteiger charge is -2.36. The average molecular weight is 534 g/mol. The molecule has 5 rings (SSSR count). The lowest BCUT2D eigenvalue weighted by atomic mass is 9.96. The largest absolute Gasteiger partial charge is 0.376 e. The maximum atomic E-state index is 13.0. The summed E-state index contributed by atoms with van der Waals surface area (Å²) in [5.74, 6) is 0.300. The Kier molecular flexibility index (Phi) is 8.52. The van der Waals surface area contributed by atoms with Crippen LogP contribution in [0.3, 0.4) is 0 Å². The molecule has 0 spiro atoms. The molecule has 2 fully saturated rings. The fourth-order valence-electron chi connectivity index (χ4n) is 6.60. The molecule has 0 N–H and O–H groups in total. The highest BCUT2D eigenvalue weighted by atomic mass is 16.5. The van der Waals surface area contributed by atoms with Crippen LogP contribution in [0.2, 0.25) is 0 Å². The van der Waals surface area contributed by atoms with Gasteiger partial charge in [0.15, 0.2) is 11.6 Å². The van der Waals surface area contributed by atoms with E-state index < -0.39 is 0 Å². The normalized spacial score (nSPS) is 22.8. The number of fused-ring (bicyclic) bond motifs is 3. The summed E-state index contributed by atoms with van der Waals surface area (Å²) in [5.41, 5.74) is 4.40. The van der Waals surface area contributed by atoms with E-state index in [1.165, 1.54) is 11.0 Å². The van der Waals surface area contributed by atoms with Crippen LogP contribution in [0, 0.1) is 0 Å². The fraction of sp³-hybridized carbons (Fsp3) is 0.562. The van der Waals surface area contributed by atoms with Gasteiger partial charge in [-0.3, -0.25) is 19.4 Å². The second kappa shape index (κ2) is 11.9. The van der Waals surface area contributed by atoms with Crippen LogP contribution in [-0.4, -0.2) is 77.5 Å². The third kappa shape index (κ3) is 5.68. The number of ether oxygens (including phenoxy) is 2. The van der Waals surface area contributed by atoms with Crippen molar-refractivity contribution in [3.05, 3.63) is 47.5 Å². The lowest BCUT2D eigenvalue weighted by molar-refractivity contribution is -0.126. The van der Waals surface area contributed by atoms with Crippen LogP contribution >= 0.6 is 0 Å². The second-order valence-corrected chi connectivity index (χ2v) is 11.4. The smallest absolute Gasteiger partial charge is 0.151 e. The summed E-state index contributed by atoms with van der Waals surface area (Å²) >= 11 is 0. The molecule has 3 heterocycles. The third-order valence-electron chi connectivity index (χ3n) is 8.33. The predicted octanol–water partition coefficient (Wildman–Crippen LogP) is 5.30. The van der Waals surface area contributed by atoms with E-state index >= 15 is 0 Å². The van der Waals surface area contributed by atoms with Crippen molar-refractivity contribution in [3.63, 3.8) is 0 Å². The van der Waals surface area contributed by atoms with E-state index in [1.807, 2.05) is 0 Å². The minimum Gasteiger partial charge on any atom is -0.376 e. The monoisotopic (exact) mass is 533 g/mol. The summed E-state index contributed by atoms with van der Waals surface area (Å²) in [6.07, 6.45) is 2.41. The Bertz CT molecular complexity index is 1250. The summed E-state index contributed by atoms with van der Waals surface area (Å²) in [4.78, 5) is 30.5. The van der Waals surface area contributed by atoms with Crippen LogP contribution in [0.25, 0.3) is 21.8 Å². The number of carbonyl (C=O) groups is 2. The van der Waals surface area contributed by atoms with Crippen molar-refractivity contribution in [1.82, 2.24) is 14.4 Å². The van der Waals surface area contributed by atoms with Crippen molar-refractivity contribution in [2.24, 2.45) is 0 Å². The second-order valence-electron chi connectivity index (χ2n) is 11.4. The highest BCUT2D eigenvalue weighted by Gasteiger charge is 2.31. The quantitative estimate of drug-likeness (QED) is 0.372. The zero-order valence-electron chi connectivity index (χ0n) is 24.1. The number of hydrogen-bond acceptors (Lipinski definition) is 6. The van der Waals surface area contributed by atoms with Gasteiger partial charge in [-0.25, -0.2) is 0 Å². The van der Waals surface area contributed by atoms with Gasteiger partial charge in [0, 0.05) is 54.5 Å². The zero-order chi connectivity index (χ0) is 27.7. The van der Waals surface area contributed by atoms with E-state index in [4.69, 9.17) is 9.47 Å². The van der Waals surface area contributed by atoms with Crippen LogP contribution in [-0.2, 0) is 25.6 Å². The maximum Gasteiger partial charge on any atom is 0.151 e. The van der Waals surface area contributed by atoms with Gasteiger partial charge in [-0.15, -0.1) is 0 Å². The Morgan fingerprint density at radius 3 is 1.67 bits per heavy atom. The molecule has 39 heavy (non-hydrogen) atoms. The standard InChI is InChI=1S/C32H43N3O4/c1-6-7-12-35-29-10-8-25(31(23(4)36)33-13-15-38-21(2)19-33)17-27(29)28-18-26(9-11-30(28)35)32(24(5)37)34-14-16-39-22(3)20-34/h8-11,17-18,21-22,31-32H,6-7,12-16,19-20H2,1-5H3. The Labute approximate surface area is 232 Å². The van der Waals surface area contributed by atoms with Gasteiger partial charge in [0.1, 0.15) is 0 Å². The number of morpholine rings is 2. The number of benzene rings is 2. The van der Waals surface area contributed by atoms with E-state index in [2.05, 4.69) is 71.5 Å². The lowest BCUT2D eigenvalue weighted by Crippen LogP contribution is -2.45. The molecule has 7 heteroatoms. The van der Waals surface area contributed by atoms with Crippen LogP contribution in [0.15, 0.2) is 36.4 Å². The Balaban J connectivity index is 1.63. The molecule has 7 nitrogen and oxygen atoms in total. The van der Waals surface area contributed by atoms with Gasteiger partial charge in [0.2, 0.25) is 0 Å². The first-order valence-electron chi connectivity index (χ1n) is 14.6. The third-order valence-corrected chi connectivity index (χ3v) is 8.33.